The number of esters is 1. The first-order valence-corrected chi connectivity index (χ1v) is 7.65. The lowest BCUT2D eigenvalue weighted by molar-refractivity contribution is -0.413. The number of halogens is 12. The number of alkyl halides is 12. The van der Waals surface area contributed by atoms with Crippen LogP contribution in [0.1, 0.15) is 33.1 Å². The summed E-state index contributed by atoms with van der Waals surface area (Å²) in [6.45, 7) is 1.92. The second-order valence-corrected chi connectivity index (χ2v) is 5.93. The Kier molecular flexibility index (Phi) is 8.14. The molecule has 0 spiro atoms. The maximum Gasteiger partial charge on any atom is 0.384 e. The minimum absolute atomic E-state index is 0.257. The van der Waals surface area contributed by atoms with Gasteiger partial charge in [0.25, 0.3) is 0 Å². The smallest absolute Gasteiger partial charge is 0.384 e. The first kappa shape index (κ1) is 26.6. The topological polar surface area (TPSA) is 26.3 Å². The van der Waals surface area contributed by atoms with Crippen molar-refractivity contribution in [1.29, 1.82) is 0 Å². The van der Waals surface area contributed by atoms with Gasteiger partial charge in [0, 0.05) is 6.42 Å². The quantitative estimate of drug-likeness (QED) is 0.229. The molecule has 168 valence electrons. The van der Waals surface area contributed by atoms with Crippen molar-refractivity contribution in [3.05, 3.63) is 0 Å². The van der Waals surface area contributed by atoms with Gasteiger partial charge in [-0.15, -0.1) is 0 Å². The molecule has 0 aliphatic heterocycles. The molecule has 0 saturated heterocycles. The van der Waals surface area contributed by atoms with Gasteiger partial charge in [0.05, 0.1) is 12.5 Å². The van der Waals surface area contributed by atoms with E-state index < -0.39 is 67.4 Å². The second-order valence-electron chi connectivity index (χ2n) is 5.93. The largest absolute Gasteiger partial charge is 0.465 e. The maximum atomic E-state index is 13.4. The standard InChI is InChI=1S/C14H16F12O2/c1-3-7(2)8(27)28-6-4-5-10(17,18)12(21,22)14(25,26)13(23,24)11(19,20)9(15)16/h7,9H,3-6H2,1-2H3. The van der Waals surface area contributed by atoms with Gasteiger partial charge in [0.1, 0.15) is 0 Å². The Morgan fingerprint density at radius 3 is 1.71 bits per heavy atom. The minimum Gasteiger partial charge on any atom is -0.465 e. The van der Waals surface area contributed by atoms with Gasteiger partial charge in [-0.2, -0.15) is 43.9 Å². The Morgan fingerprint density at radius 2 is 1.32 bits per heavy atom. The fraction of sp³-hybridized carbons (Fsp3) is 0.929. The number of carbonyl (C=O) groups excluding carboxylic acids is 1. The first-order valence-electron chi connectivity index (χ1n) is 7.65. The molecular weight excluding hydrogens is 428 g/mol. The monoisotopic (exact) mass is 444 g/mol. The first-order chi connectivity index (χ1) is 12.3. The summed E-state index contributed by atoms with van der Waals surface area (Å²) in [5, 5.41) is 0. The van der Waals surface area contributed by atoms with Gasteiger partial charge >= 0.3 is 42.0 Å². The summed E-state index contributed by atoms with van der Waals surface area (Å²) in [4.78, 5) is 11.2. The summed E-state index contributed by atoms with van der Waals surface area (Å²) in [5.41, 5.74) is 0. The minimum atomic E-state index is -7.53. The Morgan fingerprint density at radius 1 is 0.857 bits per heavy atom. The lowest BCUT2D eigenvalue weighted by Gasteiger charge is -2.39. The third kappa shape index (κ3) is 4.61. The number of rotatable bonds is 11. The summed E-state index contributed by atoms with van der Waals surface area (Å²) < 4.78 is 160. The van der Waals surface area contributed by atoms with Crippen molar-refractivity contribution in [2.24, 2.45) is 5.92 Å². The van der Waals surface area contributed by atoms with Crippen molar-refractivity contribution in [3.8, 4) is 0 Å². The highest BCUT2D eigenvalue weighted by Crippen LogP contribution is 2.58. The summed E-state index contributed by atoms with van der Waals surface area (Å²) >= 11 is 0. The molecule has 0 aromatic heterocycles. The molecule has 0 fully saturated rings. The van der Waals surface area contributed by atoms with Crippen LogP contribution in [-0.4, -0.2) is 48.6 Å². The molecule has 0 aromatic rings. The molecule has 0 radical (unpaired) electrons. The van der Waals surface area contributed by atoms with Gasteiger partial charge < -0.3 is 4.74 Å². The van der Waals surface area contributed by atoms with E-state index >= 15 is 0 Å². The molecule has 28 heavy (non-hydrogen) atoms. The van der Waals surface area contributed by atoms with Crippen molar-refractivity contribution < 1.29 is 62.2 Å². The molecule has 0 aromatic carbocycles. The highest BCUT2D eigenvalue weighted by atomic mass is 19.4. The third-order valence-corrected chi connectivity index (χ3v) is 3.83. The van der Waals surface area contributed by atoms with Crippen molar-refractivity contribution in [1.82, 2.24) is 0 Å². The number of carbonyl (C=O) groups is 1. The fourth-order valence-electron chi connectivity index (χ4n) is 1.71. The van der Waals surface area contributed by atoms with E-state index in [0.29, 0.717) is 0 Å². The van der Waals surface area contributed by atoms with Crippen molar-refractivity contribution in [2.75, 3.05) is 6.61 Å². The molecule has 1 atom stereocenters. The van der Waals surface area contributed by atoms with Crippen LogP contribution in [0.3, 0.4) is 0 Å². The normalized spacial score (nSPS) is 15.7. The van der Waals surface area contributed by atoms with Gasteiger partial charge in [-0.1, -0.05) is 13.8 Å². The lowest BCUT2D eigenvalue weighted by Crippen LogP contribution is -2.68. The zero-order valence-electron chi connectivity index (χ0n) is 14.3. The van der Waals surface area contributed by atoms with E-state index in [4.69, 9.17) is 0 Å². The number of ether oxygens (including phenoxy) is 1. The third-order valence-electron chi connectivity index (χ3n) is 3.83. The molecule has 0 aliphatic rings. The zero-order chi connectivity index (χ0) is 22.8. The molecule has 1 unspecified atom stereocenters. The predicted molar refractivity (Wildman–Crippen MR) is 70.4 cm³/mol. The average Bonchev–Trinajstić information content (AvgIpc) is 2.56. The number of hydrogen-bond donors (Lipinski definition) is 0. The van der Waals surface area contributed by atoms with Crippen LogP contribution in [0.15, 0.2) is 0 Å². The molecule has 14 heteroatoms. The van der Waals surface area contributed by atoms with E-state index in [1.165, 1.54) is 13.8 Å². The van der Waals surface area contributed by atoms with Crippen LogP contribution < -0.4 is 0 Å². The zero-order valence-corrected chi connectivity index (χ0v) is 14.3. The van der Waals surface area contributed by atoms with E-state index in [0.717, 1.165) is 0 Å². The van der Waals surface area contributed by atoms with Crippen LogP contribution >= 0.6 is 0 Å². The van der Waals surface area contributed by atoms with Crippen LogP contribution in [0, 0.1) is 5.92 Å². The highest BCUT2D eigenvalue weighted by Gasteiger charge is 2.87. The Labute approximate surface area is 151 Å². The van der Waals surface area contributed by atoms with E-state index in [-0.39, 0.29) is 6.42 Å². The van der Waals surface area contributed by atoms with E-state index in [9.17, 15) is 57.5 Å². The summed E-state index contributed by atoms with van der Waals surface area (Å²) in [7, 11) is 0. The second kappa shape index (κ2) is 8.56. The van der Waals surface area contributed by atoms with E-state index in [1.807, 2.05) is 0 Å². The molecule has 0 heterocycles. The van der Waals surface area contributed by atoms with E-state index in [2.05, 4.69) is 4.74 Å². The van der Waals surface area contributed by atoms with Crippen LogP contribution in [0.5, 0.6) is 0 Å². The van der Waals surface area contributed by atoms with Crippen molar-refractivity contribution in [2.45, 2.75) is 69.1 Å². The SMILES string of the molecule is CCC(C)C(=O)OCCCC(F)(F)C(F)(F)C(F)(F)C(F)(F)C(F)(F)C(F)F. The van der Waals surface area contributed by atoms with Gasteiger partial charge in [0.15, 0.2) is 0 Å². The molecule has 0 N–H and O–H groups in total. The molecule has 0 saturated carbocycles. The summed E-state index contributed by atoms with van der Waals surface area (Å²) in [5.74, 6) is -36.8. The molecule has 0 bridgehead atoms. The molecular formula is C14H16F12O2. The van der Waals surface area contributed by atoms with Crippen molar-refractivity contribution in [3.63, 3.8) is 0 Å². The lowest BCUT2D eigenvalue weighted by atomic mass is 9.92. The highest BCUT2D eigenvalue weighted by molar-refractivity contribution is 5.71. The van der Waals surface area contributed by atoms with Gasteiger partial charge in [0.2, 0.25) is 0 Å². The molecule has 0 amide bonds. The van der Waals surface area contributed by atoms with Crippen LogP contribution in [0.4, 0.5) is 52.7 Å². The van der Waals surface area contributed by atoms with Crippen LogP contribution in [0.2, 0.25) is 0 Å². The fourth-order valence-corrected chi connectivity index (χ4v) is 1.71. The van der Waals surface area contributed by atoms with Gasteiger partial charge in [-0.05, 0) is 12.8 Å². The van der Waals surface area contributed by atoms with Crippen LogP contribution in [-0.2, 0) is 9.53 Å². The van der Waals surface area contributed by atoms with Crippen molar-refractivity contribution >= 4 is 5.97 Å². The average molecular weight is 444 g/mol. The molecule has 2 nitrogen and oxygen atoms in total. The summed E-state index contributed by atoms with van der Waals surface area (Å²) in [6.07, 6.45) is -8.78. The summed E-state index contributed by atoms with van der Waals surface area (Å²) in [6, 6.07) is 0. The predicted octanol–water partition coefficient (Wildman–Crippen LogP) is 5.80. The Balaban J connectivity index is 5.39. The maximum absolute atomic E-state index is 13.4. The van der Waals surface area contributed by atoms with E-state index in [1.54, 1.807) is 0 Å². The Hall–Kier alpha value is -1.37. The molecule has 0 rings (SSSR count). The number of hydrogen-bond acceptors (Lipinski definition) is 2. The molecule has 0 aliphatic carbocycles. The van der Waals surface area contributed by atoms with Gasteiger partial charge in [-0.3, -0.25) is 4.79 Å². The van der Waals surface area contributed by atoms with Crippen LogP contribution in [0.25, 0.3) is 0 Å². The Bertz CT molecular complexity index is 532. The van der Waals surface area contributed by atoms with Gasteiger partial charge in [-0.25, -0.2) is 8.78 Å².